The van der Waals surface area contributed by atoms with Gasteiger partial charge in [-0.25, -0.2) is 4.98 Å². The number of ether oxygens (including phenoxy) is 2. The summed E-state index contributed by atoms with van der Waals surface area (Å²) in [5, 5.41) is 2.86. The van der Waals surface area contributed by atoms with Crippen molar-refractivity contribution in [1.82, 2.24) is 9.55 Å². The van der Waals surface area contributed by atoms with Gasteiger partial charge in [0.05, 0.1) is 24.8 Å². The smallest absolute Gasteiger partial charge is 0.248 e. The number of nitrogens with one attached hydrogen (secondary N) is 1. The maximum atomic E-state index is 12.8. The van der Waals surface area contributed by atoms with Crippen molar-refractivity contribution in [3.63, 3.8) is 0 Å². The molecule has 8 heteroatoms. The minimum Gasteiger partial charge on any atom is -0.611 e. The zero-order chi connectivity index (χ0) is 27.5. The van der Waals surface area contributed by atoms with E-state index in [9.17, 15) is 9.35 Å². The standard InChI is InChI=1S/C31H33N3O4S/c1-3-17-34-23-32-21-28(34)22-39(36)30-14-10-27(11-15-30)33-31(35)16-7-24-5-4-6-26(20-24)25-8-12-29(13-9-25)38-19-18-37-2/h4-16,20-21,23H,3,17-19,22H2,1-2H3,(H,33,35)/b16-7+/t39-/m0/s1. The third kappa shape index (κ3) is 8.32. The topological polar surface area (TPSA) is 88.4 Å². The third-order valence-corrected chi connectivity index (χ3v) is 7.34. The quantitative estimate of drug-likeness (QED) is 0.128. The van der Waals surface area contributed by atoms with Gasteiger partial charge < -0.3 is 23.9 Å². The second-order valence-corrected chi connectivity index (χ2v) is 10.4. The number of aromatic nitrogens is 2. The van der Waals surface area contributed by atoms with Crippen molar-refractivity contribution in [3.05, 3.63) is 103 Å². The van der Waals surface area contributed by atoms with Crippen LogP contribution in [0.2, 0.25) is 0 Å². The Hall–Kier alpha value is -3.85. The normalized spacial score (nSPS) is 12.0. The highest BCUT2D eigenvalue weighted by Gasteiger charge is 2.15. The van der Waals surface area contributed by atoms with Crippen LogP contribution in [0, 0.1) is 0 Å². The molecule has 0 aliphatic carbocycles. The summed E-state index contributed by atoms with van der Waals surface area (Å²) in [5.41, 5.74) is 4.60. The lowest BCUT2D eigenvalue weighted by Crippen LogP contribution is -2.11. The van der Waals surface area contributed by atoms with Crippen molar-refractivity contribution in [2.24, 2.45) is 0 Å². The Kier molecular flexibility index (Phi) is 10.4. The van der Waals surface area contributed by atoms with E-state index in [0.717, 1.165) is 41.1 Å². The van der Waals surface area contributed by atoms with Gasteiger partial charge in [-0.2, -0.15) is 0 Å². The minimum absolute atomic E-state index is 0.240. The number of carbonyl (C=O) groups is 1. The van der Waals surface area contributed by atoms with Crippen LogP contribution < -0.4 is 10.1 Å². The molecule has 4 aromatic rings. The number of anilines is 1. The van der Waals surface area contributed by atoms with Crippen LogP contribution in [0.1, 0.15) is 24.6 Å². The number of hydrogen-bond donors (Lipinski definition) is 1. The summed E-state index contributed by atoms with van der Waals surface area (Å²) in [6.07, 6.45) is 7.82. The molecule has 4 rings (SSSR count). The highest BCUT2D eigenvalue weighted by molar-refractivity contribution is 7.90. The van der Waals surface area contributed by atoms with Crippen LogP contribution in [0.4, 0.5) is 5.69 Å². The summed E-state index contributed by atoms with van der Waals surface area (Å²) in [7, 11) is 1.65. The van der Waals surface area contributed by atoms with Gasteiger partial charge >= 0.3 is 0 Å². The van der Waals surface area contributed by atoms with Crippen LogP contribution in [0.15, 0.2) is 96.3 Å². The molecule has 0 aliphatic rings. The Morgan fingerprint density at radius 3 is 2.59 bits per heavy atom. The number of aryl methyl sites for hydroxylation is 1. The Morgan fingerprint density at radius 2 is 1.85 bits per heavy atom. The van der Waals surface area contributed by atoms with Crippen molar-refractivity contribution in [3.8, 4) is 16.9 Å². The number of methoxy groups -OCH3 is 1. The van der Waals surface area contributed by atoms with E-state index < -0.39 is 11.2 Å². The zero-order valence-electron chi connectivity index (χ0n) is 22.2. The Balaban J connectivity index is 1.32. The predicted octanol–water partition coefficient (Wildman–Crippen LogP) is 5.95. The van der Waals surface area contributed by atoms with Gasteiger partial charge in [0.15, 0.2) is 10.6 Å². The van der Waals surface area contributed by atoms with E-state index in [1.54, 1.807) is 50.0 Å². The largest absolute Gasteiger partial charge is 0.611 e. The van der Waals surface area contributed by atoms with E-state index in [1.165, 1.54) is 6.08 Å². The first-order valence-corrected chi connectivity index (χ1v) is 14.2. The van der Waals surface area contributed by atoms with E-state index in [2.05, 4.69) is 17.2 Å². The number of benzene rings is 3. The summed E-state index contributed by atoms with van der Waals surface area (Å²) >= 11 is -1.20. The van der Waals surface area contributed by atoms with Crippen LogP contribution in [0.25, 0.3) is 17.2 Å². The molecule has 1 amide bonds. The van der Waals surface area contributed by atoms with Gasteiger partial charge in [0.1, 0.15) is 12.4 Å². The molecular weight excluding hydrogens is 510 g/mol. The van der Waals surface area contributed by atoms with Gasteiger partial charge in [0.25, 0.3) is 0 Å². The monoisotopic (exact) mass is 543 g/mol. The van der Waals surface area contributed by atoms with Crippen LogP contribution in [0.3, 0.4) is 0 Å². The highest BCUT2D eigenvalue weighted by atomic mass is 32.2. The molecule has 1 atom stereocenters. The number of amides is 1. The van der Waals surface area contributed by atoms with Crippen LogP contribution in [-0.2, 0) is 33.0 Å². The van der Waals surface area contributed by atoms with Crippen LogP contribution in [0.5, 0.6) is 5.75 Å². The summed E-state index contributed by atoms with van der Waals surface area (Å²) in [6, 6.07) is 23.0. The van der Waals surface area contributed by atoms with Crippen molar-refractivity contribution >= 4 is 28.8 Å². The van der Waals surface area contributed by atoms with E-state index in [1.807, 2.05) is 53.1 Å². The number of nitrogens with zero attached hydrogens (tertiary/aromatic N) is 2. The molecule has 1 aromatic heterocycles. The van der Waals surface area contributed by atoms with Crippen LogP contribution >= 0.6 is 0 Å². The fourth-order valence-corrected chi connectivity index (χ4v) is 5.10. The lowest BCUT2D eigenvalue weighted by Gasteiger charge is -2.12. The van der Waals surface area contributed by atoms with Gasteiger partial charge in [-0.15, -0.1) is 0 Å². The molecule has 0 saturated heterocycles. The van der Waals surface area contributed by atoms with Crippen molar-refractivity contribution in [1.29, 1.82) is 0 Å². The molecule has 0 radical (unpaired) electrons. The van der Waals surface area contributed by atoms with Crippen molar-refractivity contribution in [2.75, 3.05) is 25.6 Å². The molecule has 7 nitrogen and oxygen atoms in total. The molecule has 0 fully saturated rings. The lowest BCUT2D eigenvalue weighted by atomic mass is 10.0. The molecule has 0 saturated carbocycles. The number of rotatable bonds is 13. The van der Waals surface area contributed by atoms with Gasteiger partial charge in [0.2, 0.25) is 5.91 Å². The van der Waals surface area contributed by atoms with Gasteiger partial charge in [-0.3, -0.25) is 4.79 Å². The highest BCUT2D eigenvalue weighted by Crippen LogP contribution is 2.24. The maximum Gasteiger partial charge on any atom is 0.248 e. The van der Waals surface area contributed by atoms with Gasteiger partial charge in [0, 0.05) is 25.4 Å². The first-order chi connectivity index (χ1) is 19.1. The molecule has 0 bridgehead atoms. The summed E-state index contributed by atoms with van der Waals surface area (Å²) < 4.78 is 25.5. The molecule has 0 unspecified atom stereocenters. The van der Waals surface area contributed by atoms with Crippen LogP contribution in [-0.4, -0.2) is 40.3 Å². The summed E-state index contributed by atoms with van der Waals surface area (Å²) in [4.78, 5) is 17.4. The molecule has 1 N–H and O–H groups in total. The lowest BCUT2D eigenvalue weighted by molar-refractivity contribution is -0.111. The molecular formula is C31H33N3O4S. The molecule has 39 heavy (non-hydrogen) atoms. The second kappa shape index (κ2) is 14.3. The van der Waals surface area contributed by atoms with Gasteiger partial charge in [-0.1, -0.05) is 37.3 Å². The second-order valence-electron chi connectivity index (χ2n) is 8.91. The number of carbonyl (C=O) groups excluding carboxylic acids is 1. The van der Waals surface area contributed by atoms with E-state index in [0.29, 0.717) is 29.5 Å². The van der Waals surface area contributed by atoms with Crippen molar-refractivity contribution in [2.45, 2.75) is 30.5 Å². The number of hydrogen-bond acceptors (Lipinski definition) is 5. The fraction of sp³-hybridized carbons (Fsp3) is 0.226. The first-order valence-electron chi connectivity index (χ1n) is 12.8. The molecule has 1 heterocycles. The number of imidazole rings is 1. The molecule has 0 spiro atoms. The minimum atomic E-state index is -1.20. The SMILES string of the molecule is CCCn1cncc1C[S@+]([O-])c1ccc(NC(=O)/C=C/c2cccc(-c3ccc(OCCOC)cc3)c2)cc1. The molecule has 3 aromatic carbocycles. The fourth-order valence-electron chi connectivity index (χ4n) is 3.98. The average Bonchev–Trinajstić information content (AvgIpc) is 3.39. The van der Waals surface area contributed by atoms with E-state index >= 15 is 0 Å². The zero-order valence-corrected chi connectivity index (χ0v) is 23.0. The predicted molar refractivity (Wildman–Crippen MR) is 156 cm³/mol. The molecule has 202 valence electrons. The van der Waals surface area contributed by atoms with E-state index in [4.69, 9.17) is 9.47 Å². The maximum absolute atomic E-state index is 12.8. The third-order valence-electron chi connectivity index (χ3n) is 5.98. The van der Waals surface area contributed by atoms with Gasteiger partial charge in [-0.05, 0) is 82.8 Å². The Bertz CT molecular complexity index is 1370. The summed E-state index contributed by atoms with van der Waals surface area (Å²) in [5.74, 6) is 0.956. The summed E-state index contributed by atoms with van der Waals surface area (Å²) in [6.45, 7) is 4.01. The molecule has 0 aliphatic heterocycles. The Morgan fingerprint density at radius 1 is 1.05 bits per heavy atom. The van der Waals surface area contributed by atoms with E-state index in [-0.39, 0.29) is 5.91 Å². The first kappa shape index (κ1) is 28.2. The average molecular weight is 544 g/mol. The Labute approximate surface area is 232 Å². The van der Waals surface area contributed by atoms with Crippen molar-refractivity contribution < 1.29 is 18.8 Å².